The Kier molecular flexibility index (Phi) is 4.05. The van der Waals surface area contributed by atoms with Crippen LogP contribution in [-0.4, -0.2) is 16.2 Å². The molecule has 1 aromatic heterocycles. The van der Waals surface area contributed by atoms with Crippen LogP contribution in [-0.2, 0) is 6.54 Å². The van der Waals surface area contributed by atoms with Gasteiger partial charge in [0.15, 0.2) is 0 Å². The second-order valence-corrected chi connectivity index (χ2v) is 4.98. The third kappa shape index (κ3) is 3.16. The number of unbranched alkanes of at least 4 members (excludes halogenated alkanes) is 1. The van der Waals surface area contributed by atoms with Crippen LogP contribution in [0.1, 0.15) is 12.8 Å². The Hall–Kier alpha value is -2.49. The van der Waals surface area contributed by atoms with Crippen LogP contribution >= 0.6 is 0 Å². The van der Waals surface area contributed by atoms with E-state index in [4.69, 9.17) is 10.5 Å². The maximum atomic E-state index is 5.98. The molecule has 3 rings (SSSR count). The monoisotopic (exact) mass is 281 g/mol. The first kappa shape index (κ1) is 13.5. The SMILES string of the molecule is Nc1nc2ccccc2n1CCCCOc1ccccc1. The largest absolute Gasteiger partial charge is 0.494 e. The maximum Gasteiger partial charge on any atom is 0.201 e. The molecule has 0 saturated heterocycles. The summed E-state index contributed by atoms with van der Waals surface area (Å²) >= 11 is 0. The lowest BCUT2D eigenvalue weighted by Gasteiger charge is -2.08. The fourth-order valence-electron chi connectivity index (χ4n) is 2.41. The van der Waals surface area contributed by atoms with Crippen molar-refractivity contribution in [2.24, 2.45) is 0 Å². The number of imidazole rings is 1. The molecule has 0 atom stereocenters. The molecule has 4 heteroatoms. The number of nitrogens with two attached hydrogens (primary N) is 1. The Morgan fingerprint density at radius 3 is 2.57 bits per heavy atom. The van der Waals surface area contributed by atoms with E-state index in [2.05, 4.69) is 15.6 Å². The smallest absolute Gasteiger partial charge is 0.201 e. The van der Waals surface area contributed by atoms with Crippen molar-refractivity contribution in [1.82, 2.24) is 9.55 Å². The standard InChI is InChI=1S/C17H19N3O/c18-17-19-15-10-4-5-11-16(15)20(17)12-6-7-13-21-14-8-2-1-3-9-14/h1-5,8-11H,6-7,12-13H2,(H2,18,19). The topological polar surface area (TPSA) is 53.1 Å². The zero-order valence-electron chi connectivity index (χ0n) is 11.9. The number of hydrogen-bond donors (Lipinski definition) is 1. The third-order valence-corrected chi connectivity index (χ3v) is 3.47. The van der Waals surface area contributed by atoms with Gasteiger partial charge in [-0.25, -0.2) is 4.98 Å². The van der Waals surface area contributed by atoms with Gasteiger partial charge in [0, 0.05) is 6.54 Å². The summed E-state index contributed by atoms with van der Waals surface area (Å²) in [6.07, 6.45) is 2.00. The van der Waals surface area contributed by atoms with E-state index in [1.54, 1.807) is 0 Å². The Morgan fingerprint density at radius 2 is 1.71 bits per heavy atom. The van der Waals surface area contributed by atoms with Crippen molar-refractivity contribution in [3.05, 3.63) is 54.6 Å². The highest BCUT2D eigenvalue weighted by molar-refractivity contribution is 5.78. The molecule has 0 spiro atoms. The van der Waals surface area contributed by atoms with E-state index in [-0.39, 0.29) is 0 Å². The van der Waals surface area contributed by atoms with Gasteiger partial charge in [-0.3, -0.25) is 0 Å². The minimum atomic E-state index is 0.583. The lowest BCUT2D eigenvalue weighted by atomic mass is 10.3. The molecule has 0 amide bonds. The average molecular weight is 281 g/mol. The lowest BCUT2D eigenvalue weighted by molar-refractivity contribution is 0.303. The fraction of sp³-hybridized carbons (Fsp3) is 0.235. The molecule has 0 unspecified atom stereocenters. The number of hydrogen-bond acceptors (Lipinski definition) is 3. The van der Waals surface area contributed by atoms with Crippen molar-refractivity contribution in [2.75, 3.05) is 12.3 Å². The third-order valence-electron chi connectivity index (χ3n) is 3.47. The van der Waals surface area contributed by atoms with E-state index >= 15 is 0 Å². The normalized spacial score (nSPS) is 10.9. The molecule has 0 aliphatic carbocycles. The van der Waals surface area contributed by atoms with Gasteiger partial charge >= 0.3 is 0 Å². The van der Waals surface area contributed by atoms with Gasteiger partial charge in [0.2, 0.25) is 5.95 Å². The van der Waals surface area contributed by atoms with Crippen LogP contribution in [0.5, 0.6) is 5.75 Å². The maximum absolute atomic E-state index is 5.98. The molecule has 2 N–H and O–H groups in total. The zero-order chi connectivity index (χ0) is 14.5. The average Bonchev–Trinajstić information content (AvgIpc) is 2.84. The minimum Gasteiger partial charge on any atom is -0.494 e. The number of aryl methyl sites for hydroxylation is 1. The molecule has 0 saturated carbocycles. The molecular weight excluding hydrogens is 262 g/mol. The molecule has 0 fully saturated rings. The highest BCUT2D eigenvalue weighted by atomic mass is 16.5. The zero-order valence-corrected chi connectivity index (χ0v) is 11.9. The van der Waals surface area contributed by atoms with Crippen molar-refractivity contribution < 1.29 is 4.74 Å². The van der Waals surface area contributed by atoms with Gasteiger partial charge in [-0.05, 0) is 37.1 Å². The van der Waals surface area contributed by atoms with Crippen LogP contribution in [0.4, 0.5) is 5.95 Å². The number of benzene rings is 2. The van der Waals surface area contributed by atoms with Gasteiger partial charge in [-0.2, -0.15) is 0 Å². The summed E-state index contributed by atoms with van der Waals surface area (Å²) in [5, 5.41) is 0. The molecule has 4 nitrogen and oxygen atoms in total. The van der Waals surface area contributed by atoms with Gasteiger partial charge < -0.3 is 15.0 Å². The highest BCUT2D eigenvalue weighted by Crippen LogP contribution is 2.18. The summed E-state index contributed by atoms with van der Waals surface area (Å²) in [7, 11) is 0. The van der Waals surface area contributed by atoms with Crippen molar-refractivity contribution in [2.45, 2.75) is 19.4 Å². The van der Waals surface area contributed by atoms with E-state index in [0.717, 1.165) is 42.8 Å². The first-order valence-corrected chi connectivity index (χ1v) is 7.23. The molecule has 108 valence electrons. The van der Waals surface area contributed by atoms with E-state index in [1.165, 1.54) is 0 Å². The molecule has 0 radical (unpaired) electrons. The first-order valence-electron chi connectivity index (χ1n) is 7.23. The quantitative estimate of drug-likeness (QED) is 0.704. The molecule has 0 aliphatic rings. The van der Waals surface area contributed by atoms with Crippen LogP contribution in [0.2, 0.25) is 0 Å². The Bertz CT molecular complexity index is 706. The van der Waals surface area contributed by atoms with Gasteiger partial charge in [-0.1, -0.05) is 30.3 Å². The van der Waals surface area contributed by atoms with Crippen molar-refractivity contribution in [3.8, 4) is 5.75 Å². The second kappa shape index (κ2) is 6.31. The summed E-state index contributed by atoms with van der Waals surface area (Å²) in [6.45, 7) is 1.58. The van der Waals surface area contributed by atoms with Gasteiger partial charge in [0.05, 0.1) is 17.6 Å². The fourth-order valence-corrected chi connectivity index (χ4v) is 2.41. The minimum absolute atomic E-state index is 0.583. The number of fused-ring (bicyclic) bond motifs is 1. The molecule has 0 aliphatic heterocycles. The molecule has 3 aromatic rings. The number of para-hydroxylation sites is 3. The molecule has 2 aromatic carbocycles. The van der Waals surface area contributed by atoms with Crippen LogP contribution in [0.15, 0.2) is 54.6 Å². The lowest BCUT2D eigenvalue weighted by Crippen LogP contribution is -2.05. The number of nitrogens with zero attached hydrogens (tertiary/aromatic N) is 2. The molecule has 21 heavy (non-hydrogen) atoms. The molecule has 0 bridgehead atoms. The number of rotatable bonds is 6. The number of nitrogen functional groups attached to an aromatic ring is 1. The van der Waals surface area contributed by atoms with Gasteiger partial charge in [-0.15, -0.1) is 0 Å². The van der Waals surface area contributed by atoms with E-state index < -0.39 is 0 Å². The summed E-state index contributed by atoms with van der Waals surface area (Å²) in [5.41, 5.74) is 8.03. The van der Waals surface area contributed by atoms with E-state index in [1.807, 2.05) is 48.5 Å². The highest BCUT2D eigenvalue weighted by Gasteiger charge is 2.06. The summed E-state index contributed by atoms with van der Waals surface area (Å²) in [4.78, 5) is 4.37. The van der Waals surface area contributed by atoms with Crippen molar-refractivity contribution in [1.29, 1.82) is 0 Å². The molecular formula is C17H19N3O. The number of anilines is 1. The van der Waals surface area contributed by atoms with Crippen molar-refractivity contribution >= 4 is 17.0 Å². The van der Waals surface area contributed by atoms with Crippen LogP contribution < -0.4 is 10.5 Å². The predicted octanol–water partition coefficient (Wildman–Crippen LogP) is 3.48. The summed E-state index contributed by atoms with van der Waals surface area (Å²) < 4.78 is 7.75. The molecule has 1 heterocycles. The van der Waals surface area contributed by atoms with Crippen molar-refractivity contribution in [3.63, 3.8) is 0 Å². The number of ether oxygens (including phenoxy) is 1. The predicted molar refractivity (Wildman–Crippen MR) is 85.3 cm³/mol. The summed E-state index contributed by atoms with van der Waals surface area (Å²) in [6, 6.07) is 17.9. The van der Waals surface area contributed by atoms with Crippen LogP contribution in [0, 0.1) is 0 Å². The second-order valence-electron chi connectivity index (χ2n) is 4.98. The Morgan fingerprint density at radius 1 is 0.952 bits per heavy atom. The van der Waals surface area contributed by atoms with E-state index in [0.29, 0.717) is 5.95 Å². The van der Waals surface area contributed by atoms with Gasteiger partial charge in [0.1, 0.15) is 5.75 Å². The first-order chi connectivity index (χ1) is 10.3. The van der Waals surface area contributed by atoms with E-state index in [9.17, 15) is 0 Å². The van der Waals surface area contributed by atoms with Gasteiger partial charge in [0.25, 0.3) is 0 Å². The number of aromatic nitrogens is 2. The van der Waals surface area contributed by atoms with Crippen LogP contribution in [0.3, 0.4) is 0 Å². The van der Waals surface area contributed by atoms with Crippen LogP contribution in [0.25, 0.3) is 11.0 Å². The summed E-state index contributed by atoms with van der Waals surface area (Å²) in [5.74, 6) is 1.50. The Labute approximate surface area is 124 Å². The Balaban J connectivity index is 1.52.